The van der Waals surface area contributed by atoms with Gasteiger partial charge in [0.2, 0.25) is 11.8 Å². The molecule has 3 aromatic carbocycles. The molecule has 2 unspecified atom stereocenters. The van der Waals surface area contributed by atoms with Crippen LogP contribution in [0.25, 0.3) is 0 Å². The number of rotatable bonds is 2. The first-order chi connectivity index (χ1) is 15.1. The highest BCUT2D eigenvalue weighted by Crippen LogP contribution is 2.61. The van der Waals surface area contributed by atoms with Crippen LogP contribution in [0, 0.1) is 11.8 Å². The summed E-state index contributed by atoms with van der Waals surface area (Å²) in [6, 6.07) is 22.9. The quantitative estimate of drug-likeness (QED) is 0.365. The van der Waals surface area contributed by atoms with Gasteiger partial charge < -0.3 is 4.74 Å². The molecule has 31 heavy (non-hydrogen) atoms. The highest BCUT2D eigenvalue weighted by atomic mass is 16.5. The number of nitrogens with zero attached hydrogens (tertiary/aromatic N) is 1. The second kappa shape index (κ2) is 6.38. The molecule has 1 saturated heterocycles. The number of hydrogen-bond donors (Lipinski definition) is 0. The third-order valence-electron chi connectivity index (χ3n) is 6.79. The number of hydrogen-bond acceptors (Lipinski definition) is 4. The van der Waals surface area contributed by atoms with Crippen LogP contribution in [0.5, 0.6) is 5.75 Å². The molecule has 0 saturated carbocycles. The average Bonchev–Trinajstić information content (AvgIpc) is 3.04. The maximum atomic E-state index is 13.7. The second-order valence-electron chi connectivity index (χ2n) is 8.37. The number of carbonyl (C=O) groups is 3. The Kier molecular flexibility index (Phi) is 3.72. The Balaban J connectivity index is 1.50. The van der Waals surface area contributed by atoms with Gasteiger partial charge in [0.05, 0.1) is 17.5 Å². The largest absolute Gasteiger partial charge is 0.427 e. The van der Waals surface area contributed by atoms with Crippen LogP contribution in [0.4, 0.5) is 5.69 Å². The molecule has 5 nitrogen and oxygen atoms in total. The number of carbonyl (C=O) groups excluding carboxylic acids is 3. The van der Waals surface area contributed by atoms with Gasteiger partial charge in [-0.25, -0.2) is 4.90 Å². The van der Waals surface area contributed by atoms with Crippen molar-refractivity contribution in [3.8, 4) is 5.75 Å². The molecule has 7 rings (SSSR count). The van der Waals surface area contributed by atoms with E-state index in [2.05, 4.69) is 24.3 Å². The summed E-state index contributed by atoms with van der Waals surface area (Å²) in [5.74, 6) is -1.65. The van der Waals surface area contributed by atoms with E-state index in [1.165, 1.54) is 11.8 Å². The van der Waals surface area contributed by atoms with Crippen molar-refractivity contribution in [3.05, 3.63) is 95.1 Å². The summed E-state index contributed by atoms with van der Waals surface area (Å²) in [7, 11) is 0. The molecule has 152 valence electrons. The van der Waals surface area contributed by atoms with Gasteiger partial charge in [-0.1, -0.05) is 54.6 Å². The number of anilines is 1. The summed E-state index contributed by atoms with van der Waals surface area (Å²) in [5, 5.41) is 0. The molecule has 4 aliphatic rings. The van der Waals surface area contributed by atoms with Crippen molar-refractivity contribution in [1.82, 2.24) is 0 Å². The Bertz CT molecular complexity index is 1160. The predicted molar refractivity (Wildman–Crippen MR) is 114 cm³/mol. The van der Waals surface area contributed by atoms with E-state index in [0.717, 1.165) is 22.3 Å². The molecule has 3 aromatic rings. The monoisotopic (exact) mass is 409 g/mol. The Morgan fingerprint density at radius 1 is 0.742 bits per heavy atom. The molecule has 1 aliphatic heterocycles. The van der Waals surface area contributed by atoms with Crippen molar-refractivity contribution in [1.29, 1.82) is 0 Å². The minimum Gasteiger partial charge on any atom is -0.427 e. The van der Waals surface area contributed by atoms with Crippen LogP contribution in [-0.2, 0) is 14.4 Å². The number of esters is 1. The SMILES string of the molecule is CC(=O)Oc1cccc(N2C(=O)C3C4c5ccccc5C(c5ccccc54)C3C2=O)c1. The third-order valence-corrected chi connectivity index (χ3v) is 6.79. The van der Waals surface area contributed by atoms with Crippen LogP contribution in [0.3, 0.4) is 0 Å². The Hall–Kier alpha value is -3.73. The Morgan fingerprint density at radius 2 is 1.23 bits per heavy atom. The van der Waals surface area contributed by atoms with Crippen molar-refractivity contribution in [2.24, 2.45) is 11.8 Å². The number of ether oxygens (including phenoxy) is 1. The van der Waals surface area contributed by atoms with Crippen molar-refractivity contribution < 1.29 is 19.1 Å². The molecule has 1 heterocycles. The highest BCUT2D eigenvalue weighted by Gasteiger charge is 2.61. The minimum absolute atomic E-state index is 0.138. The van der Waals surface area contributed by atoms with Gasteiger partial charge in [0.25, 0.3) is 0 Å². The molecule has 0 spiro atoms. The zero-order valence-corrected chi connectivity index (χ0v) is 16.8. The molecular formula is C26H19NO4. The lowest BCUT2D eigenvalue weighted by molar-refractivity contribution is -0.132. The fraction of sp³-hybridized carbons (Fsp3) is 0.192. The summed E-state index contributed by atoms with van der Waals surface area (Å²) >= 11 is 0. The van der Waals surface area contributed by atoms with Gasteiger partial charge in [0.1, 0.15) is 5.75 Å². The maximum Gasteiger partial charge on any atom is 0.308 e. The van der Waals surface area contributed by atoms with Gasteiger partial charge in [-0.15, -0.1) is 0 Å². The molecule has 2 atom stereocenters. The van der Waals surface area contributed by atoms with E-state index >= 15 is 0 Å². The molecule has 1 fully saturated rings. The lowest BCUT2D eigenvalue weighted by Crippen LogP contribution is -2.41. The highest BCUT2D eigenvalue weighted by molar-refractivity contribution is 6.23. The molecule has 2 bridgehead atoms. The molecule has 5 heteroatoms. The van der Waals surface area contributed by atoms with Crippen LogP contribution in [0.2, 0.25) is 0 Å². The van der Waals surface area contributed by atoms with Crippen LogP contribution >= 0.6 is 0 Å². The van der Waals surface area contributed by atoms with Crippen LogP contribution in [0.1, 0.15) is 41.0 Å². The van der Waals surface area contributed by atoms with Crippen molar-refractivity contribution in [2.45, 2.75) is 18.8 Å². The van der Waals surface area contributed by atoms with Crippen LogP contribution < -0.4 is 9.64 Å². The maximum absolute atomic E-state index is 13.7. The third kappa shape index (κ3) is 2.40. The van der Waals surface area contributed by atoms with Crippen molar-refractivity contribution in [2.75, 3.05) is 4.90 Å². The zero-order chi connectivity index (χ0) is 21.3. The van der Waals surface area contributed by atoms with Crippen molar-refractivity contribution in [3.63, 3.8) is 0 Å². The summed E-state index contributed by atoms with van der Waals surface area (Å²) in [6.07, 6.45) is 0. The topological polar surface area (TPSA) is 63.7 Å². The van der Waals surface area contributed by atoms with Gasteiger partial charge in [0, 0.05) is 24.8 Å². The molecule has 0 N–H and O–H groups in total. The van der Waals surface area contributed by atoms with E-state index in [1.54, 1.807) is 24.3 Å². The Labute approximate surface area is 179 Å². The molecular weight excluding hydrogens is 390 g/mol. The van der Waals surface area contributed by atoms with Gasteiger partial charge in [-0.3, -0.25) is 14.4 Å². The smallest absolute Gasteiger partial charge is 0.308 e. The van der Waals surface area contributed by atoms with Gasteiger partial charge in [-0.2, -0.15) is 0 Å². The first-order valence-electron chi connectivity index (χ1n) is 10.4. The van der Waals surface area contributed by atoms with Gasteiger partial charge >= 0.3 is 5.97 Å². The standard InChI is InChI=1S/C26H19NO4/c1-14(28)31-16-8-6-7-15(13-16)27-25(29)23-21-17-9-2-3-10-18(17)22(24(23)26(27)30)20-12-5-4-11-19(20)21/h2-13,21-24H,1H3. The molecule has 2 amide bonds. The predicted octanol–water partition coefficient (Wildman–Crippen LogP) is 4.01. The number of amides is 2. The van der Waals surface area contributed by atoms with E-state index in [0.29, 0.717) is 11.4 Å². The lowest BCUT2D eigenvalue weighted by atomic mass is 9.55. The van der Waals surface area contributed by atoms with Crippen molar-refractivity contribution >= 4 is 23.5 Å². The van der Waals surface area contributed by atoms with E-state index in [1.807, 2.05) is 24.3 Å². The van der Waals surface area contributed by atoms with E-state index in [4.69, 9.17) is 4.74 Å². The van der Waals surface area contributed by atoms with E-state index in [9.17, 15) is 14.4 Å². The lowest BCUT2D eigenvalue weighted by Gasteiger charge is -2.45. The summed E-state index contributed by atoms with van der Waals surface area (Å²) in [6.45, 7) is 1.32. The van der Waals surface area contributed by atoms with Crippen LogP contribution in [-0.4, -0.2) is 17.8 Å². The fourth-order valence-corrected chi connectivity index (χ4v) is 5.78. The van der Waals surface area contributed by atoms with E-state index < -0.39 is 17.8 Å². The summed E-state index contributed by atoms with van der Waals surface area (Å²) < 4.78 is 5.17. The fourth-order valence-electron chi connectivity index (χ4n) is 5.78. The second-order valence-corrected chi connectivity index (χ2v) is 8.37. The Morgan fingerprint density at radius 3 is 1.68 bits per heavy atom. The summed E-state index contributed by atoms with van der Waals surface area (Å²) in [5.41, 5.74) is 5.01. The van der Waals surface area contributed by atoms with Gasteiger partial charge in [-0.05, 0) is 34.4 Å². The van der Waals surface area contributed by atoms with E-state index in [-0.39, 0.29) is 23.7 Å². The first kappa shape index (κ1) is 18.1. The average molecular weight is 409 g/mol. The summed E-state index contributed by atoms with van der Waals surface area (Å²) in [4.78, 5) is 40.0. The first-order valence-corrected chi connectivity index (χ1v) is 10.4. The zero-order valence-electron chi connectivity index (χ0n) is 16.8. The van der Waals surface area contributed by atoms with Crippen LogP contribution in [0.15, 0.2) is 72.8 Å². The molecule has 3 aliphatic carbocycles. The van der Waals surface area contributed by atoms with Gasteiger partial charge in [0.15, 0.2) is 0 Å². The molecule has 0 aromatic heterocycles. The number of benzene rings is 3. The number of imide groups is 1. The molecule has 0 radical (unpaired) electrons. The normalized spacial score (nSPS) is 25.1. The minimum atomic E-state index is -0.450.